The number of benzene rings is 1. The molecule has 3 nitrogen and oxygen atoms in total. The monoisotopic (exact) mass is 261 g/mol. The van der Waals surface area contributed by atoms with Crippen molar-refractivity contribution in [2.75, 3.05) is 5.73 Å². The average molecular weight is 262 g/mol. The molecule has 0 unspecified atom stereocenters. The number of aromatic amines is 1. The number of nitrogens with zero attached hydrogens (tertiary/aromatic N) is 1. The Balaban J connectivity index is 2.45. The highest BCUT2D eigenvalue weighted by molar-refractivity contribution is 6.33. The summed E-state index contributed by atoms with van der Waals surface area (Å²) < 4.78 is 37.2. The lowest BCUT2D eigenvalue weighted by Gasteiger charge is -2.08. The molecule has 0 aliphatic rings. The quantitative estimate of drug-likeness (QED) is 0.827. The molecule has 0 saturated heterocycles. The number of alkyl halides is 3. The third-order valence-corrected chi connectivity index (χ3v) is 2.48. The normalized spacial score (nSPS) is 11.8. The molecule has 2 rings (SSSR count). The van der Waals surface area contributed by atoms with E-state index < -0.39 is 11.7 Å². The van der Waals surface area contributed by atoms with Crippen molar-refractivity contribution in [1.29, 1.82) is 0 Å². The second kappa shape index (κ2) is 3.96. The van der Waals surface area contributed by atoms with E-state index in [0.29, 0.717) is 17.1 Å². The highest BCUT2D eigenvalue weighted by Crippen LogP contribution is 2.35. The van der Waals surface area contributed by atoms with Crippen molar-refractivity contribution in [2.24, 2.45) is 0 Å². The smallest absolute Gasteiger partial charge is 0.384 e. The standard InChI is InChI=1S/C10H7ClF3N3/c11-7-3-5(10(12,13)14)1-2-6(7)8-4-9(15)17-16-8/h1-4H,(H3,15,16,17). The zero-order valence-electron chi connectivity index (χ0n) is 8.35. The predicted molar refractivity (Wildman–Crippen MR) is 58.4 cm³/mol. The summed E-state index contributed by atoms with van der Waals surface area (Å²) in [5, 5.41) is 6.29. The zero-order chi connectivity index (χ0) is 12.6. The van der Waals surface area contributed by atoms with Gasteiger partial charge < -0.3 is 5.73 Å². The number of aromatic nitrogens is 2. The van der Waals surface area contributed by atoms with Crippen LogP contribution in [0.25, 0.3) is 11.3 Å². The van der Waals surface area contributed by atoms with Crippen LogP contribution < -0.4 is 5.73 Å². The van der Waals surface area contributed by atoms with Crippen LogP contribution in [0.15, 0.2) is 24.3 Å². The van der Waals surface area contributed by atoms with E-state index in [4.69, 9.17) is 17.3 Å². The Hall–Kier alpha value is -1.69. The Morgan fingerprint density at radius 2 is 1.94 bits per heavy atom. The van der Waals surface area contributed by atoms with Crippen molar-refractivity contribution in [3.63, 3.8) is 0 Å². The summed E-state index contributed by atoms with van der Waals surface area (Å²) in [5.74, 6) is 0.316. The van der Waals surface area contributed by atoms with Crippen LogP contribution in [0.5, 0.6) is 0 Å². The van der Waals surface area contributed by atoms with Gasteiger partial charge in [0.1, 0.15) is 5.82 Å². The molecule has 7 heteroatoms. The summed E-state index contributed by atoms with van der Waals surface area (Å²) >= 11 is 5.78. The van der Waals surface area contributed by atoms with Crippen LogP contribution >= 0.6 is 11.6 Å². The van der Waals surface area contributed by atoms with Crippen molar-refractivity contribution in [2.45, 2.75) is 6.18 Å². The summed E-state index contributed by atoms with van der Waals surface area (Å²) in [6.45, 7) is 0. The number of anilines is 1. The van der Waals surface area contributed by atoms with Crippen LogP contribution in [-0.2, 0) is 6.18 Å². The largest absolute Gasteiger partial charge is 0.416 e. The minimum Gasteiger partial charge on any atom is -0.384 e. The summed E-state index contributed by atoms with van der Waals surface area (Å²) in [7, 11) is 0. The topological polar surface area (TPSA) is 54.7 Å². The minimum absolute atomic E-state index is 0.0219. The molecule has 90 valence electrons. The number of nitrogens with one attached hydrogen (secondary N) is 1. The van der Waals surface area contributed by atoms with Gasteiger partial charge in [0.05, 0.1) is 16.3 Å². The van der Waals surface area contributed by atoms with Gasteiger partial charge in [-0.05, 0) is 12.1 Å². The second-order valence-corrected chi connectivity index (χ2v) is 3.81. The van der Waals surface area contributed by atoms with Crippen molar-refractivity contribution < 1.29 is 13.2 Å². The lowest BCUT2D eigenvalue weighted by molar-refractivity contribution is -0.137. The summed E-state index contributed by atoms with van der Waals surface area (Å²) in [5.41, 5.74) is 5.43. The van der Waals surface area contributed by atoms with Gasteiger partial charge in [0, 0.05) is 11.6 Å². The molecule has 0 spiro atoms. The van der Waals surface area contributed by atoms with Gasteiger partial charge in [0.15, 0.2) is 0 Å². The molecule has 17 heavy (non-hydrogen) atoms. The van der Waals surface area contributed by atoms with Gasteiger partial charge >= 0.3 is 6.18 Å². The van der Waals surface area contributed by atoms with E-state index in [9.17, 15) is 13.2 Å². The van der Waals surface area contributed by atoms with Crippen LogP contribution in [-0.4, -0.2) is 10.2 Å². The average Bonchev–Trinajstić information content (AvgIpc) is 2.63. The number of hydrogen-bond acceptors (Lipinski definition) is 2. The molecule has 0 radical (unpaired) electrons. The minimum atomic E-state index is -4.41. The highest BCUT2D eigenvalue weighted by atomic mass is 35.5. The van der Waals surface area contributed by atoms with Crippen molar-refractivity contribution in [1.82, 2.24) is 10.2 Å². The van der Waals surface area contributed by atoms with Gasteiger partial charge in [-0.1, -0.05) is 17.7 Å². The van der Waals surface area contributed by atoms with Crippen molar-refractivity contribution in [3.05, 3.63) is 34.9 Å². The molecule has 0 bridgehead atoms. The number of H-pyrrole nitrogens is 1. The lowest BCUT2D eigenvalue weighted by Crippen LogP contribution is -2.04. The van der Waals surface area contributed by atoms with Crippen LogP contribution in [0.4, 0.5) is 19.0 Å². The predicted octanol–water partition coefficient (Wildman–Crippen LogP) is 3.33. The summed E-state index contributed by atoms with van der Waals surface area (Å²) in [6.07, 6.45) is -4.41. The van der Waals surface area contributed by atoms with E-state index in [2.05, 4.69) is 10.2 Å². The maximum absolute atomic E-state index is 12.4. The second-order valence-electron chi connectivity index (χ2n) is 3.40. The molecule has 0 atom stereocenters. The Kier molecular flexibility index (Phi) is 2.74. The van der Waals surface area contributed by atoms with E-state index in [0.717, 1.165) is 12.1 Å². The zero-order valence-corrected chi connectivity index (χ0v) is 9.10. The van der Waals surface area contributed by atoms with E-state index in [1.54, 1.807) is 0 Å². The van der Waals surface area contributed by atoms with Gasteiger partial charge in [-0.15, -0.1) is 0 Å². The molecule has 0 aliphatic carbocycles. The Morgan fingerprint density at radius 1 is 1.24 bits per heavy atom. The number of hydrogen-bond donors (Lipinski definition) is 2. The first-order valence-corrected chi connectivity index (χ1v) is 4.94. The van der Waals surface area contributed by atoms with Gasteiger partial charge in [-0.3, -0.25) is 5.10 Å². The number of nitrogen functional groups attached to an aromatic ring is 1. The van der Waals surface area contributed by atoms with Gasteiger partial charge in [-0.25, -0.2) is 0 Å². The van der Waals surface area contributed by atoms with E-state index in [-0.39, 0.29) is 5.02 Å². The molecular formula is C10H7ClF3N3. The fourth-order valence-electron chi connectivity index (χ4n) is 1.37. The van der Waals surface area contributed by atoms with E-state index in [1.165, 1.54) is 12.1 Å². The molecule has 0 fully saturated rings. The maximum atomic E-state index is 12.4. The molecule has 1 aromatic heterocycles. The molecule has 0 saturated carbocycles. The Labute approximate surface area is 99.4 Å². The van der Waals surface area contributed by atoms with Crippen LogP contribution in [0.3, 0.4) is 0 Å². The third-order valence-electron chi connectivity index (χ3n) is 2.17. The summed E-state index contributed by atoms with van der Waals surface area (Å²) in [4.78, 5) is 0. The van der Waals surface area contributed by atoms with Crippen LogP contribution in [0.2, 0.25) is 5.02 Å². The van der Waals surface area contributed by atoms with Crippen LogP contribution in [0, 0.1) is 0 Å². The van der Waals surface area contributed by atoms with Crippen molar-refractivity contribution >= 4 is 17.4 Å². The lowest BCUT2D eigenvalue weighted by atomic mass is 10.1. The highest BCUT2D eigenvalue weighted by Gasteiger charge is 2.31. The number of rotatable bonds is 1. The molecule has 1 heterocycles. The summed E-state index contributed by atoms with van der Waals surface area (Å²) in [6, 6.07) is 4.57. The Bertz CT molecular complexity index is 548. The van der Waals surface area contributed by atoms with Gasteiger partial charge in [0.25, 0.3) is 0 Å². The molecule has 2 aromatic rings. The molecule has 3 N–H and O–H groups in total. The molecule has 0 aliphatic heterocycles. The Morgan fingerprint density at radius 3 is 2.41 bits per heavy atom. The first-order chi connectivity index (χ1) is 7.88. The van der Waals surface area contributed by atoms with Gasteiger partial charge in [-0.2, -0.15) is 18.3 Å². The fraction of sp³-hybridized carbons (Fsp3) is 0.100. The molecule has 1 aromatic carbocycles. The number of halogens is 4. The molecular weight excluding hydrogens is 255 g/mol. The van der Waals surface area contributed by atoms with Gasteiger partial charge in [0.2, 0.25) is 0 Å². The first-order valence-electron chi connectivity index (χ1n) is 4.56. The number of nitrogens with two attached hydrogens (primary N) is 1. The third kappa shape index (κ3) is 2.36. The maximum Gasteiger partial charge on any atom is 0.416 e. The SMILES string of the molecule is Nc1cc(-c2ccc(C(F)(F)F)cc2Cl)n[nH]1. The van der Waals surface area contributed by atoms with Crippen molar-refractivity contribution in [3.8, 4) is 11.3 Å². The molecule has 0 amide bonds. The van der Waals surface area contributed by atoms with Crippen LogP contribution in [0.1, 0.15) is 5.56 Å². The fourth-order valence-corrected chi connectivity index (χ4v) is 1.65. The van der Waals surface area contributed by atoms with E-state index in [1.807, 2.05) is 0 Å². The van der Waals surface area contributed by atoms with E-state index >= 15 is 0 Å². The first kappa shape index (κ1) is 11.8.